The quantitative estimate of drug-likeness (QED) is 0.618. The number of hydrogen-bond acceptors (Lipinski definition) is 4. The lowest BCUT2D eigenvalue weighted by molar-refractivity contribution is 0.306. The molecule has 3 aromatic rings. The van der Waals surface area contributed by atoms with Crippen molar-refractivity contribution in [1.29, 1.82) is 0 Å². The van der Waals surface area contributed by atoms with E-state index in [2.05, 4.69) is 6.07 Å². The van der Waals surface area contributed by atoms with Crippen LogP contribution in [0.3, 0.4) is 0 Å². The van der Waals surface area contributed by atoms with Gasteiger partial charge in [0.1, 0.15) is 18.2 Å². The van der Waals surface area contributed by atoms with Crippen molar-refractivity contribution >= 4 is 16.4 Å². The van der Waals surface area contributed by atoms with E-state index in [4.69, 9.17) is 4.74 Å². The van der Waals surface area contributed by atoms with E-state index in [-0.39, 0.29) is 5.88 Å². The molecule has 0 N–H and O–H groups in total. The summed E-state index contributed by atoms with van der Waals surface area (Å²) < 4.78 is 28.8. The van der Waals surface area contributed by atoms with Crippen LogP contribution >= 0.6 is 0 Å². The standard InChI is InChI=1S/C21H20NO3S/c23-26(24)17-22(15-18-9-3-1-4-10-18)20-13-7-8-14-21(20)25-16-19-11-5-2-6-12-19/h1-6,8-14,26H,15-17H2. The second-order valence-electron chi connectivity index (χ2n) is 5.83. The first kappa shape index (κ1) is 18.0. The van der Waals surface area contributed by atoms with Crippen molar-refractivity contribution in [3.8, 4) is 5.75 Å². The maximum atomic E-state index is 11.4. The molecule has 0 saturated heterocycles. The first-order chi connectivity index (χ1) is 12.7. The molecular formula is C21H20NO3S. The van der Waals surface area contributed by atoms with Gasteiger partial charge in [0.25, 0.3) is 0 Å². The molecule has 0 unspecified atom stereocenters. The molecule has 0 spiro atoms. The van der Waals surface area contributed by atoms with Crippen LogP contribution in [0.1, 0.15) is 11.1 Å². The fourth-order valence-electron chi connectivity index (χ4n) is 2.67. The second-order valence-corrected chi connectivity index (χ2v) is 6.77. The lowest BCUT2D eigenvalue weighted by Crippen LogP contribution is -2.25. The van der Waals surface area contributed by atoms with E-state index in [9.17, 15) is 8.42 Å². The highest BCUT2D eigenvalue weighted by molar-refractivity contribution is 7.72. The van der Waals surface area contributed by atoms with E-state index >= 15 is 0 Å². The van der Waals surface area contributed by atoms with Crippen molar-refractivity contribution in [2.24, 2.45) is 0 Å². The second kappa shape index (κ2) is 9.06. The Morgan fingerprint density at radius 1 is 0.885 bits per heavy atom. The average Bonchev–Trinajstić information content (AvgIpc) is 2.67. The van der Waals surface area contributed by atoms with Crippen molar-refractivity contribution in [1.82, 2.24) is 0 Å². The normalized spacial score (nSPS) is 10.7. The molecule has 0 aliphatic carbocycles. The molecule has 5 heteroatoms. The maximum Gasteiger partial charge on any atom is 0.158 e. The summed E-state index contributed by atoms with van der Waals surface area (Å²) in [6.45, 7) is 0.893. The van der Waals surface area contributed by atoms with Crippen LogP contribution in [0.25, 0.3) is 0 Å². The van der Waals surface area contributed by atoms with Gasteiger partial charge in [0.2, 0.25) is 0 Å². The van der Waals surface area contributed by atoms with Gasteiger partial charge in [0.05, 0.1) is 5.69 Å². The summed E-state index contributed by atoms with van der Waals surface area (Å²) in [5.74, 6) is 0.560. The molecule has 133 valence electrons. The molecule has 0 bridgehead atoms. The van der Waals surface area contributed by atoms with Gasteiger partial charge in [-0.25, -0.2) is 8.42 Å². The van der Waals surface area contributed by atoms with Crippen molar-refractivity contribution in [3.63, 3.8) is 0 Å². The van der Waals surface area contributed by atoms with Crippen LogP contribution in [0.2, 0.25) is 0 Å². The third kappa shape index (κ3) is 5.10. The van der Waals surface area contributed by atoms with Gasteiger partial charge >= 0.3 is 0 Å². The highest BCUT2D eigenvalue weighted by Crippen LogP contribution is 2.29. The zero-order valence-electron chi connectivity index (χ0n) is 14.2. The Morgan fingerprint density at radius 2 is 1.54 bits per heavy atom. The molecular weight excluding hydrogens is 346 g/mol. The highest BCUT2D eigenvalue weighted by atomic mass is 32.2. The number of hydrogen-bond donors (Lipinski definition) is 1. The van der Waals surface area contributed by atoms with Gasteiger partial charge < -0.3 is 9.64 Å². The van der Waals surface area contributed by atoms with Crippen molar-refractivity contribution in [2.75, 3.05) is 10.8 Å². The van der Waals surface area contributed by atoms with Gasteiger partial charge in [0, 0.05) is 6.54 Å². The largest absolute Gasteiger partial charge is 0.487 e. The summed E-state index contributed by atoms with van der Waals surface area (Å²) in [5, 5.41) is 0. The van der Waals surface area contributed by atoms with Gasteiger partial charge in [0.15, 0.2) is 10.7 Å². The monoisotopic (exact) mass is 366 g/mol. The number of thiol groups is 1. The van der Waals surface area contributed by atoms with Gasteiger partial charge in [-0.2, -0.15) is 0 Å². The van der Waals surface area contributed by atoms with Crippen LogP contribution in [0.15, 0.2) is 78.9 Å². The fraction of sp³-hybridized carbons (Fsp3) is 0.143. The molecule has 3 aromatic carbocycles. The van der Waals surface area contributed by atoms with Gasteiger partial charge in [-0.3, -0.25) is 0 Å². The number of nitrogens with zero attached hydrogens (tertiary/aromatic N) is 1. The number of ether oxygens (including phenoxy) is 1. The van der Waals surface area contributed by atoms with Crippen molar-refractivity contribution in [3.05, 3.63) is 96.1 Å². The third-order valence-corrected chi connectivity index (χ3v) is 4.46. The van der Waals surface area contributed by atoms with E-state index < -0.39 is 10.7 Å². The fourth-order valence-corrected chi connectivity index (χ4v) is 3.20. The maximum absolute atomic E-state index is 11.4. The number of rotatable bonds is 8. The Kier molecular flexibility index (Phi) is 6.28. The van der Waals surface area contributed by atoms with Crippen LogP contribution in [0.5, 0.6) is 5.75 Å². The smallest absolute Gasteiger partial charge is 0.158 e. The molecule has 0 heterocycles. The minimum absolute atomic E-state index is 0.0796. The Balaban J connectivity index is 1.83. The van der Waals surface area contributed by atoms with Crippen LogP contribution in [0, 0.1) is 6.07 Å². The molecule has 4 nitrogen and oxygen atoms in total. The summed E-state index contributed by atoms with van der Waals surface area (Å²) >= 11 is 0. The van der Waals surface area contributed by atoms with Gasteiger partial charge in [-0.05, 0) is 29.3 Å². The van der Waals surface area contributed by atoms with E-state index in [1.54, 1.807) is 17.0 Å². The van der Waals surface area contributed by atoms with E-state index in [1.165, 1.54) is 0 Å². The van der Waals surface area contributed by atoms with E-state index in [0.29, 0.717) is 24.6 Å². The minimum atomic E-state index is -2.57. The molecule has 0 aliphatic rings. The highest BCUT2D eigenvalue weighted by Gasteiger charge is 2.14. The van der Waals surface area contributed by atoms with Gasteiger partial charge in [-0.1, -0.05) is 66.7 Å². The van der Waals surface area contributed by atoms with E-state index in [1.807, 2.05) is 66.7 Å². The van der Waals surface area contributed by atoms with Crippen LogP contribution in [0.4, 0.5) is 5.69 Å². The predicted molar refractivity (Wildman–Crippen MR) is 104 cm³/mol. The third-order valence-electron chi connectivity index (χ3n) is 3.88. The van der Waals surface area contributed by atoms with Crippen LogP contribution in [-0.2, 0) is 23.9 Å². The van der Waals surface area contributed by atoms with Crippen molar-refractivity contribution in [2.45, 2.75) is 13.2 Å². The summed E-state index contributed by atoms with van der Waals surface area (Å²) in [6, 6.07) is 28.0. The van der Waals surface area contributed by atoms with E-state index in [0.717, 1.165) is 11.1 Å². The summed E-state index contributed by atoms with van der Waals surface area (Å²) in [4.78, 5) is 1.79. The SMILES string of the molecule is O=[SH](=O)CN(Cc1ccccc1)c1c[c]ccc1OCc1ccccc1. The topological polar surface area (TPSA) is 46.6 Å². The van der Waals surface area contributed by atoms with Crippen LogP contribution < -0.4 is 9.64 Å². The molecule has 0 amide bonds. The average molecular weight is 366 g/mol. The first-order valence-electron chi connectivity index (χ1n) is 8.30. The Hall–Kier alpha value is -2.79. The number of anilines is 1. The Labute approximate surface area is 155 Å². The Bertz CT molecular complexity index is 887. The predicted octanol–water partition coefficient (Wildman–Crippen LogP) is 3.64. The molecule has 0 fully saturated rings. The molecule has 0 saturated carbocycles. The zero-order valence-corrected chi connectivity index (χ0v) is 15.1. The van der Waals surface area contributed by atoms with Crippen LogP contribution in [-0.4, -0.2) is 14.3 Å². The van der Waals surface area contributed by atoms with Crippen molar-refractivity contribution < 1.29 is 13.2 Å². The summed E-state index contributed by atoms with van der Waals surface area (Å²) in [5.41, 5.74) is 2.80. The Morgan fingerprint density at radius 3 is 2.19 bits per heavy atom. The summed E-state index contributed by atoms with van der Waals surface area (Å²) in [7, 11) is -2.57. The molecule has 3 rings (SSSR count). The molecule has 26 heavy (non-hydrogen) atoms. The minimum Gasteiger partial charge on any atom is -0.487 e. The molecule has 0 aliphatic heterocycles. The summed E-state index contributed by atoms with van der Waals surface area (Å²) in [6.07, 6.45) is 0. The first-order valence-corrected chi connectivity index (χ1v) is 9.66. The molecule has 0 aromatic heterocycles. The van der Waals surface area contributed by atoms with Gasteiger partial charge in [-0.15, -0.1) is 0 Å². The molecule has 0 atom stereocenters. The molecule has 1 radical (unpaired) electrons. The number of benzene rings is 3. The lowest BCUT2D eigenvalue weighted by atomic mass is 10.2. The zero-order chi connectivity index (χ0) is 18.2. The lowest BCUT2D eigenvalue weighted by Gasteiger charge is -2.25.